The van der Waals surface area contributed by atoms with Gasteiger partial charge in [-0.25, -0.2) is 4.79 Å². The second-order valence-electron chi connectivity index (χ2n) is 6.87. The van der Waals surface area contributed by atoms with E-state index in [-0.39, 0.29) is 13.0 Å². The van der Waals surface area contributed by atoms with Crippen molar-refractivity contribution in [2.24, 2.45) is 0 Å². The van der Waals surface area contributed by atoms with Crippen LogP contribution in [0, 0.1) is 11.3 Å². The first-order valence-electron chi connectivity index (χ1n) is 9.93. The Labute approximate surface area is 185 Å². The first-order chi connectivity index (χ1) is 15.6. The van der Waals surface area contributed by atoms with Crippen molar-refractivity contribution in [2.45, 2.75) is 12.5 Å². The van der Waals surface area contributed by atoms with Crippen LogP contribution >= 0.6 is 0 Å². The number of carbonyl (C=O) groups excluding carboxylic acids is 3. The first-order valence-corrected chi connectivity index (χ1v) is 9.93. The van der Waals surface area contributed by atoms with E-state index in [0.717, 1.165) is 5.56 Å². The summed E-state index contributed by atoms with van der Waals surface area (Å²) in [6.45, 7) is -0.162. The van der Waals surface area contributed by atoms with Crippen molar-refractivity contribution in [3.63, 3.8) is 0 Å². The van der Waals surface area contributed by atoms with Crippen LogP contribution in [0.4, 0.5) is 0 Å². The molecule has 0 aliphatic rings. The summed E-state index contributed by atoms with van der Waals surface area (Å²) in [6, 6.07) is 24.8. The number of benzene rings is 3. The minimum absolute atomic E-state index is 0.162. The van der Waals surface area contributed by atoms with Gasteiger partial charge in [0.05, 0.1) is 11.6 Å². The van der Waals surface area contributed by atoms with Gasteiger partial charge in [-0.05, 0) is 42.0 Å². The number of esters is 1. The second kappa shape index (κ2) is 11.1. The number of ether oxygens (including phenoxy) is 1. The van der Waals surface area contributed by atoms with E-state index in [9.17, 15) is 14.4 Å². The van der Waals surface area contributed by atoms with Crippen molar-refractivity contribution in [3.05, 3.63) is 102 Å². The number of nitrogens with zero attached hydrogens (tertiary/aromatic N) is 1. The van der Waals surface area contributed by atoms with Crippen LogP contribution in [0.3, 0.4) is 0 Å². The van der Waals surface area contributed by atoms with Crippen LogP contribution in [0.5, 0.6) is 5.75 Å². The van der Waals surface area contributed by atoms with E-state index in [2.05, 4.69) is 10.6 Å². The maximum atomic E-state index is 12.5. The smallest absolute Gasteiger partial charge is 0.343 e. The highest BCUT2D eigenvalue weighted by Crippen LogP contribution is 2.16. The third kappa shape index (κ3) is 6.28. The zero-order valence-electron chi connectivity index (χ0n) is 17.2. The summed E-state index contributed by atoms with van der Waals surface area (Å²) in [7, 11) is 0. The molecule has 0 bridgehead atoms. The fourth-order valence-electron chi connectivity index (χ4n) is 2.96. The van der Waals surface area contributed by atoms with Crippen molar-refractivity contribution in [3.8, 4) is 11.8 Å². The molecule has 0 aliphatic heterocycles. The van der Waals surface area contributed by atoms with Crippen LogP contribution < -0.4 is 15.4 Å². The van der Waals surface area contributed by atoms with Crippen molar-refractivity contribution in [2.75, 3.05) is 6.54 Å². The highest BCUT2D eigenvalue weighted by molar-refractivity contribution is 5.97. The zero-order valence-corrected chi connectivity index (χ0v) is 17.2. The molecule has 2 amide bonds. The SMILES string of the molecule is N#CCNC(=O)[C@H](Cc1ccc(OC(=O)c2ccccc2)cc1)NC(=O)c1ccccc1. The molecule has 0 saturated heterocycles. The van der Waals surface area contributed by atoms with Crippen molar-refractivity contribution in [1.29, 1.82) is 5.26 Å². The molecule has 3 rings (SSSR count). The Morgan fingerprint density at radius 1 is 0.844 bits per heavy atom. The third-order valence-corrected chi connectivity index (χ3v) is 4.58. The van der Waals surface area contributed by atoms with Crippen LogP contribution in [-0.4, -0.2) is 30.4 Å². The molecule has 0 unspecified atom stereocenters. The lowest BCUT2D eigenvalue weighted by atomic mass is 10.0. The monoisotopic (exact) mass is 427 g/mol. The maximum absolute atomic E-state index is 12.5. The first kappa shape index (κ1) is 22.2. The van der Waals surface area contributed by atoms with Gasteiger partial charge in [0.15, 0.2) is 0 Å². The summed E-state index contributed by atoms with van der Waals surface area (Å²) >= 11 is 0. The molecule has 1 atom stereocenters. The van der Waals surface area contributed by atoms with Gasteiger partial charge in [-0.1, -0.05) is 48.5 Å². The number of hydrogen-bond donors (Lipinski definition) is 2. The molecule has 7 heteroatoms. The number of carbonyl (C=O) groups is 3. The van der Waals surface area contributed by atoms with Gasteiger partial charge < -0.3 is 15.4 Å². The molecule has 2 N–H and O–H groups in total. The number of nitrogens with one attached hydrogen (secondary N) is 2. The van der Waals surface area contributed by atoms with E-state index in [0.29, 0.717) is 16.9 Å². The summed E-state index contributed by atoms with van der Waals surface area (Å²) in [5.41, 5.74) is 1.61. The second-order valence-corrected chi connectivity index (χ2v) is 6.87. The van der Waals surface area contributed by atoms with Crippen molar-refractivity contribution in [1.82, 2.24) is 10.6 Å². The average Bonchev–Trinajstić information content (AvgIpc) is 2.84. The highest BCUT2D eigenvalue weighted by atomic mass is 16.5. The van der Waals surface area contributed by atoms with Gasteiger partial charge in [0.1, 0.15) is 18.3 Å². The molecular formula is C25H21N3O4. The average molecular weight is 427 g/mol. The summed E-state index contributed by atoms with van der Waals surface area (Å²) in [5.74, 6) is -0.963. The fourth-order valence-corrected chi connectivity index (χ4v) is 2.96. The molecule has 0 aliphatic carbocycles. The molecule has 0 spiro atoms. The fraction of sp³-hybridized carbons (Fsp3) is 0.120. The number of amides is 2. The van der Waals surface area contributed by atoms with Crippen LogP contribution in [0.2, 0.25) is 0 Å². The maximum Gasteiger partial charge on any atom is 0.343 e. The molecule has 7 nitrogen and oxygen atoms in total. The summed E-state index contributed by atoms with van der Waals surface area (Å²) < 4.78 is 5.36. The Morgan fingerprint density at radius 2 is 1.44 bits per heavy atom. The van der Waals surface area contributed by atoms with E-state index in [4.69, 9.17) is 10.00 Å². The summed E-state index contributed by atoms with van der Waals surface area (Å²) in [4.78, 5) is 37.2. The van der Waals surface area contributed by atoms with E-state index in [1.165, 1.54) is 0 Å². The Bertz CT molecular complexity index is 1110. The lowest BCUT2D eigenvalue weighted by Crippen LogP contribution is -2.48. The normalized spacial score (nSPS) is 11.0. The van der Waals surface area contributed by atoms with Gasteiger partial charge in [0.25, 0.3) is 5.91 Å². The molecule has 3 aromatic carbocycles. The van der Waals surface area contributed by atoms with Gasteiger partial charge in [0.2, 0.25) is 5.91 Å². The summed E-state index contributed by atoms with van der Waals surface area (Å²) in [5, 5.41) is 13.9. The van der Waals surface area contributed by atoms with Crippen molar-refractivity contribution >= 4 is 17.8 Å². The molecule has 32 heavy (non-hydrogen) atoms. The van der Waals surface area contributed by atoms with Gasteiger partial charge >= 0.3 is 5.97 Å². The van der Waals surface area contributed by atoms with E-state index in [1.807, 2.05) is 12.1 Å². The number of nitriles is 1. The topological polar surface area (TPSA) is 108 Å². The largest absolute Gasteiger partial charge is 0.423 e. The zero-order chi connectivity index (χ0) is 22.8. The molecule has 0 saturated carbocycles. The Balaban J connectivity index is 1.68. The molecule has 3 aromatic rings. The van der Waals surface area contributed by atoms with Gasteiger partial charge in [0, 0.05) is 12.0 Å². The number of hydrogen-bond acceptors (Lipinski definition) is 5. The quantitative estimate of drug-likeness (QED) is 0.326. The molecule has 160 valence electrons. The molecule has 0 radical (unpaired) electrons. The summed E-state index contributed by atoms with van der Waals surface area (Å²) in [6.07, 6.45) is 0.197. The van der Waals surface area contributed by atoms with Crippen LogP contribution in [0.1, 0.15) is 26.3 Å². The molecule has 0 fully saturated rings. The minimum Gasteiger partial charge on any atom is -0.423 e. The standard InChI is InChI=1S/C25H21N3O4/c26-15-16-27-24(30)22(28-23(29)19-7-3-1-4-8-19)17-18-11-13-21(14-12-18)32-25(31)20-9-5-2-6-10-20/h1-14,22H,16-17H2,(H,27,30)(H,28,29)/t22-/m0/s1. The van der Waals surface area contributed by atoms with Gasteiger partial charge in [-0.2, -0.15) is 5.26 Å². The Hall–Kier alpha value is -4.44. The van der Waals surface area contributed by atoms with E-state index in [1.54, 1.807) is 78.9 Å². The lowest BCUT2D eigenvalue weighted by molar-refractivity contribution is -0.122. The van der Waals surface area contributed by atoms with E-state index < -0.39 is 23.8 Å². The van der Waals surface area contributed by atoms with Crippen LogP contribution in [0.25, 0.3) is 0 Å². The van der Waals surface area contributed by atoms with Crippen LogP contribution in [0.15, 0.2) is 84.9 Å². The third-order valence-electron chi connectivity index (χ3n) is 4.58. The van der Waals surface area contributed by atoms with E-state index >= 15 is 0 Å². The predicted molar refractivity (Wildman–Crippen MR) is 118 cm³/mol. The van der Waals surface area contributed by atoms with Gasteiger partial charge in [-0.15, -0.1) is 0 Å². The lowest BCUT2D eigenvalue weighted by Gasteiger charge is -2.18. The van der Waals surface area contributed by atoms with Crippen LogP contribution in [-0.2, 0) is 11.2 Å². The molecule has 0 aromatic heterocycles. The highest BCUT2D eigenvalue weighted by Gasteiger charge is 2.22. The Kier molecular flexibility index (Phi) is 7.71. The minimum atomic E-state index is -0.881. The molecular weight excluding hydrogens is 406 g/mol. The molecule has 0 heterocycles. The van der Waals surface area contributed by atoms with Crippen molar-refractivity contribution < 1.29 is 19.1 Å². The van der Waals surface area contributed by atoms with Gasteiger partial charge in [-0.3, -0.25) is 9.59 Å². The predicted octanol–water partition coefficient (Wildman–Crippen LogP) is 2.89. The Morgan fingerprint density at radius 3 is 2.03 bits per heavy atom. The number of rotatable bonds is 8.